The Kier molecular flexibility index (Phi) is 15.3. The summed E-state index contributed by atoms with van der Waals surface area (Å²) in [4.78, 5) is 75.2. The molecule has 4 rings (SSSR count). The standard InChI is InChI=1S/C35H36N2O10.C2H4O2/c1-23(16-33(41)46-21-44-24(2)38)37(18-26-10-6-4-7-11-26)19-31(40)28-14-15-32(43-20-27-12-8-5-9-13-27)34-29(28)17-30(36-34)35(42)47-22-45-25(3)39;1-2(3)4/h4-15,17,23,36H,16,18-22H2,1-3H3;1H3,(H,3,4). The fraction of sp³-hybridized carbons (Fsp3) is 0.297. The number of H-pyrrole nitrogens is 1. The minimum absolute atomic E-state index is 0.0296. The Hall–Kier alpha value is -6.02. The van der Waals surface area contributed by atoms with E-state index in [4.69, 9.17) is 33.6 Å². The van der Waals surface area contributed by atoms with Crippen LogP contribution in [0.2, 0.25) is 0 Å². The van der Waals surface area contributed by atoms with Gasteiger partial charge in [0.15, 0.2) is 5.78 Å². The predicted octanol–water partition coefficient (Wildman–Crippen LogP) is 5.04. The second-order valence-electron chi connectivity index (χ2n) is 11.2. The molecule has 0 fully saturated rings. The van der Waals surface area contributed by atoms with E-state index in [1.54, 1.807) is 19.1 Å². The minimum Gasteiger partial charge on any atom is -0.487 e. The van der Waals surface area contributed by atoms with E-state index in [9.17, 15) is 24.0 Å². The molecule has 0 bridgehead atoms. The number of carboxylic acids is 1. The molecule has 14 heteroatoms. The Balaban J connectivity index is 0.00000166. The molecule has 1 unspecified atom stereocenters. The van der Waals surface area contributed by atoms with Crippen molar-refractivity contribution in [1.82, 2.24) is 9.88 Å². The molecule has 0 radical (unpaired) electrons. The molecule has 0 aliphatic rings. The molecule has 0 aliphatic heterocycles. The maximum atomic E-state index is 14.0. The van der Waals surface area contributed by atoms with Crippen molar-refractivity contribution in [1.29, 1.82) is 0 Å². The summed E-state index contributed by atoms with van der Waals surface area (Å²) in [5.41, 5.74) is 2.59. The zero-order chi connectivity index (χ0) is 37.3. The van der Waals surface area contributed by atoms with Crippen molar-refractivity contribution >= 4 is 46.5 Å². The third-order valence-corrected chi connectivity index (χ3v) is 7.11. The van der Waals surface area contributed by atoms with Crippen molar-refractivity contribution in [3.63, 3.8) is 0 Å². The molecule has 4 aromatic rings. The number of carbonyl (C=O) groups excluding carboxylic acids is 5. The topological polar surface area (TPSA) is 188 Å². The van der Waals surface area contributed by atoms with Crippen molar-refractivity contribution < 1.29 is 57.6 Å². The number of rotatable bonds is 16. The molecule has 0 spiro atoms. The van der Waals surface area contributed by atoms with Gasteiger partial charge in [-0.3, -0.25) is 28.9 Å². The molecule has 51 heavy (non-hydrogen) atoms. The summed E-state index contributed by atoms with van der Waals surface area (Å²) in [6.07, 6.45) is -0.0640. The number of carbonyl (C=O) groups is 6. The van der Waals surface area contributed by atoms with E-state index >= 15 is 0 Å². The average molecular weight is 705 g/mol. The summed E-state index contributed by atoms with van der Waals surface area (Å²) >= 11 is 0. The summed E-state index contributed by atoms with van der Waals surface area (Å²) in [6.45, 7) is 4.74. The van der Waals surface area contributed by atoms with Gasteiger partial charge in [-0.15, -0.1) is 0 Å². The van der Waals surface area contributed by atoms with Crippen molar-refractivity contribution in [2.45, 2.75) is 53.3 Å². The van der Waals surface area contributed by atoms with Crippen LogP contribution in [0.4, 0.5) is 0 Å². The molecular weight excluding hydrogens is 664 g/mol. The molecule has 1 atom stereocenters. The number of fused-ring (bicyclic) bond motifs is 1. The number of benzene rings is 3. The number of nitrogens with zero attached hydrogens (tertiary/aromatic N) is 1. The number of aromatic nitrogens is 1. The highest BCUT2D eigenvalue weighted by atomic mass is 16.7. The first-order valence-electron chi connectivity index (χ1n) is 15.8. The first kappa shape index (κ1) is 39.4. The van der Waals surface area contributed by atoms with Gasteiger partial charge < -0.3 is 33.8 Å². The SMILES string of the molecule is CC(=O)O.CC(=O)OCOC(=O)CC(C)N(CC(=O)c1ccc(OCc2ccccc2)c2[nH]c(C(=O)OCOC(C)=O)cc12)Cc1ccccc1. The fourth-order valence-electron chi connectivity index (χ4n) is 4.71. The summed E-state index contributed by atoms with van der Waals surface area (Å²) in [5, 5.41) is 7.84. The van der Waals surface area contributed by atoms with E-state index in [2.05, 4.69) is 4.98 Å². The van der Waals surface area contributed by atoms with Crippen molar-refractivity contribution in [2.24, 2.45) is 0 Å². The summed E-state index contributed by atoms with van der Waals surface area (Å²) < 4.78 is 25.6. The first-order valence-corrected chi connectivity index (χ1v) is 15.8. The van der Waals surface area contributed by atoms with Gasteiger partial charge in [-0.05, 0) is 36.2 Å². The monoisotopic (exact) mass is 704 g/mol. The lowest BCUT2D eigenvalue weighted by atomic mass is 10.0. The van der Waals surface area contributed by atoms with Crippen LogP contribution in [-0.4, -0.2) is 76.8 Å². The van der Waals surface area contributed by atoms with Gasteiger partial charge in [-0.25, -0.2) is 4.79 Å². The highest BCUT2D eigenvalue weighted by molar-refractivity contribution is 6.11. The summed E-state index contributed by atoms with van der Waals surface area (Å²) in [5.74, 6) is -3.26. The van der Waals surface area contributed by atoms with Crippen LogP contribution in [0.25, 0.3) is 10.9 Å². The lowest BCUT2D eigenvalue weighted by Gasteiger charge is -2.28. The molecule has 1 aromatic heterocycles. The maximum Gasteiger partial charge on any atom is 0.357 e. The number of aromatic amines is 1. The number of hydrogen-bond donors (Lipinski definition) is 2. The molecule has 0 saturated heterocycles. The fourth-order valence-corrected chi connectivity index (χ4v) is 4.71. The van der Waals surface area contributed by atoms with Gasteiger partial charge in [0.05, 0.1) is 18.5 Å². The molecule has 2 N–H and O–H groups in total. The van der Waals surface area contributed by atoms with Gasteiger partial charge in [0.1, 0.15) is 18.1 Å². The zero-order valence-corrected chi connectivity index (χ0v) is 28.7. The Labute approximate surface area is 294 Å². The van der Waals surface area contributed by atoms with Crippen molar-refractivity contribution in [3.8, 4) is 5.75 Å². The molecule has 0 aliphatic carbocycles. The normalized spacial score (nSPS) is 11.1. The third kappa shape index (κ3) is 13.4. The average Bonchev–Trinajstić information content (AvgIpc) is 3.53. The van der Waals surface area contributed by atoms with Gasteiger partial charge in [-0.1, -0.05) is 60.7 Å². The van der Waals surface area contributed by atoms with Gasteiger partial charge in [0, 0.05) is 44.3 Å². The van der Waals surface area contributed by atoms with E-state index in [0.717, 1.165) is 18.1 Å². The van der Waals surface area contributed by atoms with Gasteiger partial charge >= 0.3 is 23.9 Å². The van der Waals surface area contributed by atoms with Gasteiger partial charge in [0.2, 0.25) is 13.6 Å². The number of carboxylic acid groups (broad SMARTS) is 1. The van der Waals surface area contributed by atoms with E-state index in [-0.39, 0.29) is 31.0 Å². The number of hydrogen-bond acceptors (Lipinski definition) is 12. The van der Waals surface area contributed by atoms with Crippen LogP contribution in [0.15, 0.2) is 78.9 Å². The van der Waals surface area contributed by atoms with Crippen LogP contribution in [0.3, 0.4) is 0 Å². The number of aliphatic carboxylic acids is 1. The molecule has 1 heterocycles. The van der Waals surface area contributed by atoms with E-state index in [1.807, 2.05) is 65.6 Å². The second kappa shape index (κ2) is 19.8. The molecular formula is C37H40N2O12. The van der Waals surface area contributed by atoms with Crippen LogP contribution < -0.4 is 4.74 Å². The molecule has 3 aromatic carbocycles. The highest BCUT2D eigenvalue weighted by Crippen LogP contribution is 2.31. The smallest absolute Gasteiger partial charge is 0.357 e. The lowest BCUT2D eigenvalue weighted by Crippen LogP contribution is -2.38. The number of nitrogens with one attached hydrogen (secondary N) is 1. The summed E-state index contributed by atoms with van der Waals surface area (Å²) in [7, 11) is 0. The predicted molar refractivity (Wildman–Crippen MR) is 182 cm³/mol. The zero-order valence-electron chi connectivity index (χ0n) is 28.7. The molecule has 0 amide bonds. The van der Waals surface area contributed by atoms with Crippen LogP contribution in [0, 0.1) is 0 Å². The van der Waals surface area contributed by atoms with E-state index in [1.165, 1.54) is 19.9 Å². The number of ether oxygens (including phenoxy) is 5. The minimum atomic E-state index is -0.833. The van der Waals surface area contributed by atoms with Crippen LogP contribution in [-0.2, 0) is 51.3 Å². The molecule has 270 valence electrons. The van der Waals surface area contributed by atoms with Crippen molar-refractivity contribution in [2.75, 3.05) is 20.1 Å². The Morgan fingerprint density at radius 2 is 1.33 bits per heavy atom. The third-order valence-electron chi connectivity index (χ3n) is 7.11. The Morgan fingerprint density at radius 3 is 1.92 bits per heavy atom. The van der Waals surface area contributed by atoms with E-state index < -0.39 is 49.5 Å². The van der Waals surface area contributed by atoms with E-state index in [0.29, 0.717) is 28.8 Å². The number of esters is 4. The maximum absolute atomic E-state index is 14.0. The lowest BCUT2D eigenvalue weighted by molar-refractivity contribution is -0.166. The molecule has 0 saturated carbocycles. The van der Waals surface area contributed by atoms with Crippen molar-refractivity contribution in [3.05, 3.63) is 101 Å². The number of Topliss-reactive ketones (excluding diaryl/α,β-unsaturated/α-hetero) is 1. The highest BCUT2D eigenvalue weighted by Gasteiger charge is 2.25. The quantitative estimate of drug-likeness (QED) is 0.0898. The first-order chi connectivity index (χ1) is 24.3. The van der Waals surface area contributed by atoms with Crippen LogP contribution >= 0.6 is 0 Å². The Morgan fingerprint density at radius 1 is 0.765 bits per heavy atom. The van der Waals surface area contributed by atoms with Crippen LogP contribution in [0.1, 0.15) is 66.1 Å². The Bertz CT molecular complexity index is 1800. The second-order valence-corrected chi connectivity index (χ2v) is 11.2. The van der Waals surface area contributed by atoms with Crippen LogP contribution in [0.5, 0.6) is 5.75 Å². The largest absolute Gasteiger partial charge is 0.487 e. The number of ketones is 1. The molecule has 14 nitrogen and oxygen atoms in total. The summed E-state index contributed by atoms with van der Waals surface area (Å²) in [6, 6.07) is 23.3. The van der Waals surface area contributed by atoms with Gasteiger partial charge in [-0.2, -0.15) is 0 Å². The van der Waals surface area contributed by atoms with Gasteiger partial charge in [0.25, 0.3) is 5.97 Å².